The first kappa shape index (κ1) is 13.6. The summed E-state index contributed by atoms with van der Waals surface area (Å²) in [4.78, 5) is 14.7. The zero-order valence-electron chi connectivity index (χ0n) is 12.4. The molecule has 1 N–H and O–H groups in total. The van der Waals surface area contributed by atoms with Crippen LogP contribution in [0.2, 0.25) is 0 Å². The first-order chi connectivity index (χ1) is 9.66. The summed E-state index contributed by atoms with van der Waals surface area (Å²) in [6.07, 6.45) is 3.90. The summed E-state index contributed by atoms with van der Waals surface area (Å²) in [6, 6.07) is 10.3. The molecule has 108 valence electrons. The van der Waals surface area contributed by atoms with Crippen molar-refractivity contribution >= 4 is 5.91 Å². The molecule has 1 saturated carbocycles. The van der Waals surface area contributed by atoms with E-state index in [1.165, 1.54) is 18.4 Å². The van der Waals surface area contributed by atoms with Crippen molar-refractivity contribution in [3.63, 3.8) is 0 Å². The summed E-state index contributed by atoms with van der Waals surface area (Å²) in [5.74, 6) is 1.46. The standard InChI is InChI=1S/C17H24N2O/c1-12(2)15-17(20)19(11-10-13-8-9-13)16(18-15)14-6-4-3-5-7-14/h3-7,12-13,15-16,18H,8-11H2,1-2H3. The van der Waals surface area contributed by atoms with Crippen LogP contribution in [0.25, 0.3) is 0 Å². The van der Waals surface area contributed by atoms with Crippen LogP contribution < -0.4 is 5.32 Å². The zero-order valence-corrected chi connectivity index (χ0v) is 12.4. The summed E-state index contributed by atoms with van der Waals surface area (Å²) in [7, 11) is 0. The van der Waals surface area contributed by atoms with Gasteiger partial charge in [0.15, 0.2) is 0 Å². The second kappa shape index (κ2) is 5.57. The van der Waals surface area contributed by atoms with Crippen LogP contribution in [0.15, 0.2) is 30.3 Å². The lowest BCUT2D eigenvalue weighted by molar-refractivity contribution is -0.130. The fourth-order valence-electron chi connectivity index (χ4n) is 2.99. The lowest BCUT2D eigenvalue weighted by atomic mass is 10.0. The number of carbonyl (C=O) groups is 1. The average Bonchev–Trinajstić information content (AvgIpc) is 3.21. The number of nitrogens with one attached hydrogen (secondary N) is 1. The first-order valence-electron chi connectivity index (χ1n) is 7.78. The largest absolute Gasteiger partial charge is 0.322 e. The smallest absolute Gasteiger partial charge is 0.241 e. The molecule has 3 rings (SSSR count). The van der Waals surface area contributed by atoms with E-state index in [1.54, 1.807) is 0 Å². The molecule has 1 aliphatic carbocycles. The van der Waals surface area contributed by atoms with Crippen molar-refractivity contribution < 1.29 is 4.79 Å². The maximum absolute atomic E-state index is 12.6. The SMILES string of the molecule is CC(C)C1NC(c2ccccc2)N(CCC2CC2)C1=O. The van der Waals surface area contributed by atoms with Gasteiger partial charge in [-0.05, 0) is 23.8 Å². The topological polar surface area (TPSA) is 32.3 Å². The Morgan fingerprint density at radius 1 is 1.25 bits per heavy atom. The van der Waals surface area contributed by atoms with Gasteiger partial charge in [-0.15, -0.1) is 0 Å². The summed E-state index contributed by atoms with van der Waals surface area (Å²) >= 11 is 0. The molecular weight excluding hydrogens is 248 g/mol. The van der Waals surface area contributed by atoms with E-state index >= 15 is 0 Å². The van der Waals surface area contributed by atoms with E-state index < -0.39 is 0 Å². The van der Waals surface area contributed by atoms with E-state index in [2.05, 4.69) is 36.2 Å². The Labute approximate surface area is 121 Å². The molecule has 1 saturated heterocycles. The monoisotopic (exact) mass is 272 g/mol. The molecule has 0 spiro atoms. The number of amides is 1. The van der Waals surface area contributed by atoms with Gasteiger partial charge in [-0.1, -0.05) is 57.0 Å². The van der Waals surface area contributed by atoms with Gasteiger partial charge in [-0.25, -0.2) is 0 Å². The fourth-order valence-corrected chi connectivity index (χ4v) is 2.99. The van der Waals surface area contributed by atoms with Crippen LogP contribution in [0.5, 0.6) is 0 Å². The van der Waals surface area contributed by atoms with E-state index in [-0.39, 0.29) is 18.1 Å². The van der Waals surface area contributed by atoms with Crippen LogP contribution >= 0.6 is 0 Å². The molecule has 3 heteroatoms. The van der Waals surface area contributed by atoms with Gasteiger partial charge in [-0.2, -0.15) is 0 Å². The number of nitrogens with zero attached hydrogens (tertiary/aromatic N) is 1. The van der Waals surface area contributed by atoms with E-state index in [9.17, 15) is 4.79 Å². The van der Waals surface area contributed by atoms with Gasteiger partial charge in [0.05, 0.1) is 6.04 Å². The second-order valence-corrected chi connectivity index (χ2v) is 6.47. The lowest BCUT2D eigenvalue weighted by Crippen LogP contribution is -2.35. The highest BCUT2D eigenvalue weighted by Crippen LogP contribution is 2.35. The molecule has 1 aliphatic heterocycles. The quantitative estimate of drug-likeness (QED) is 0.894. The van der Waals surface area contributed by atoms with Crippen molar-refractivity contribution in [3.8, 4) is 0 Å². The minimum atomic E-state index is -0.0422. The Hall–Kier alpha value is -1.35. The Morgan fingerprint density at radius 3 is 2.55 bits per heavy atom. The molecule has 2 fully saturated rings. The zero-order chi connectivity index (χ0) is 14.1. The molecule has 0 aromatic heterocycles. The van der Waals surface area contributed by atoms with E-state index in [4.69, 9.17) is 0 Å². The van der Waals surface area contributed by atoms with Gasteiger partial charge < -0.3 is 4.90 Å². The van der Waals surface area contributed by atoms with Gasteiger partial charge in [-0.3, -0.25) is 10.1 Å². The Bertz CT molecular complexity index is 467. The van der Waals surface area contributed by atoms with Gasteiger partial charge in [0.25, 0.3) is 0 Å². The van der Waals surface area contributed by atoms with Crippen LogP contribution in [0, 0.1) is 11.8 Å². The van der Waals surface area contributed by atoms with Crippen LogP contribution in [-0.4, -0.2) is 23.4 Å². The summed E-state index contributed by atoms with van der Waals surface area (Å²) < 4.78 is 0. The summed E-state index contributed by atoms with van der Waals surface area (Å²) in [5.41, 5.74) is 1.19. The van der Waals surface area contributed by atoms with Gasteiger partial charge in [0.1, 0.15) is 6.17 Å². The molecule has 1 aromatic carbocycles. The molecule has 1 amide bonds. The van der Waals surface area contributed by atoms with Crippen LogP contribution in [-0.2, 0) is 4.79 Å². The Morgan fingerprint density at radius 2 is 1.95 bits per heavy atom. The number of hydrogen-bond acceptors (Lipinski definition) is 2. The van der Waals surface area contributed by atoms with Crippen molar-refractivity contribution in [2.45, 2.75) is 45.3 Å². The van der Waals surface area contributed by atoms with Crippen molar-refractivity contribution in [1.82, 2.24) is 10.2 Å². The molecule has 0 radical (unpaired) electrons. The maximum atomic E-state index is 12.6. The van der Waals surface area contributed by atoms with Crippen LogP contribution in [0.3, 0.4) is 0 Å². The van der Waals surface area contributed by atoms with Crippen LogP contribution in [0.1, 0.15) is 44.8 Å². The third-order valence-electron chi connectivity index (χ3n) is 4.46. The molecule has 3 nitrogen and oxygen atoms in total. The number of rotatable bonds is 5. The highest BCUT2D eigenvalue weighted by atomic mass is 16.2. The fraction of sp³-hybridized carbons (Fsp3) is 0.588. The van der Waals surface area contributed by atoms with E-state index in [1.807, 2.05) is 18.2 Å². The summed E-state index contributed by atoms with van der Waals surface area (Å²) in [5, 5.41) is 3.53. The molecular formula is C17H24N2O. The predicted molar refractivity (Wildman–Crippen MR) is 80.0 cm³/mol. The molecule has 1 heterocycles. The van der Waals surface area contributed by atoms with Crippen molar-refractivity contribution in [1.29, 1.82) is 0 Å². The highest BCUT2D eigenvalue weighted by molar-refractivity contribution is 5.84. The Balaban J connectivity index is 1.79. The highest BCUT2D eigenvalue weighted by Gasteiger charge is 2.41. The van der Waals surface area contributed by atoms with E-state index in [0.29, 0.717) is 5.92 Å². The lowest BCUT2D eigenvalue weighted by Gasteiger charge is -2.24. The Kier molecular flexibility index (Phi) is 3.79. The molecule has 1 aromatic rings. The normalized spacial score (nSPS) is 26.6. The van der Waals surface area contributed by atoms with Crippen molar-refractivity contribution in [2.75, 3.05) is 6.54 Å². The van der Waals surface area contributed by atoms with E-state index in [0.717, 1.165) is 18.9 Å². The maximum Gasteiger partial charge on any atom is 0.241 e. The number of hydrogen-bond donors (Lipinski definition) is 1. The third-order valence-corrected chi connectivity index (χ3v) is 4.46. The van der Waals surface area contributed by atoms with Gasteiger partial charge in [0.2, 0.25) is 5.91 Å². The van der Waals surface area contributed by atoms with Gasteiger partial charge in [0, 0.05) is 6.54 Å². The minimum Gasteiger partial charge on any atom is -0.322 e. The average molecular weight is 272 g/mol. The third kappa shape index (κ3) is 2.73. The first-order valence-corrected chi connectivity index (χ1v) is 7.78. The molecule has 2 atom stereocenters. The number of benzene rings is 1. The van der Waals surface area contributed by atoms with Crippen molar-refractivity contribution in [2.24, 2.45) is 11.8 Å². The summed E-state index contributed by atoms with van der Waals surface area (Å²) in [6.45, 7) is 5.11. The van der Waals surface area contributed by atoms with Gasteiger partial charge >= 0.3 is 0 Å². The van der Waals surface area contributed by atoms with Crippen LogP contribution in [0.4, 0.5) is 0 Å². The molecule has 0 bridgehead atoms. The van der Waals surface area contributed by atoms with Crippen molar-refractivity contribution in [3.05, 3.63) is 35.9 Å². The molecule has 20 heavy (non-hydrogen) atoms. The second-order valence-electron chi connectivity index (χ2n) is 6.47. The predicted octanol–water partition coefficient (Wildman–Crippen LogP) is 2.94. The minimum absolute atomic E-state index is 0.0422. The number of carbonyl (C=O) groups excluding carboxylic acids is 1. The molecule has 2 aliphatic rings. The molecule has 2 unspecified atom stereocenters.